The quantitative estimate of drug-likeness (QED) is 0.160. The van der Waals surface area contributed by atoms with Crippen LogP contribution in [0.1, 0.15) is 0 Å². The second-order valence-electron chi connectivity index (χ2n) is 17.6. The summed E-state index contributed by atoms with van der Waals surface area (Å²) >= 11 is 0. The summed E-state index contributed by atoms with van der Waals surface area (Å²) in [6, 6.07) is 86.2. The molecule has 6 nitrogen and oxygen atoms in total. The predicted molar refractivity (Wildman–Crippen MR) is 285 cm³/mol. The Labute approximate surface area is 397 Å². The van der Waals surface area contributed by atoms with Gasteiger partial charge < -0.3 is 9.13 Å². The van der Waals surface area contributed by atoms with Gasteiger partial charge in [-0.1, -0.05) is 194 Å². The van der Waals surface area contributed by atoms with Crippen molar-refractivity contribution in [3.05, 3.63) is 243 Å². The topological polar surface area (TPSA) is 53.5 Å². The highest BCUT2D eigenvalue weighted by Crippen LogP contribution is 2.44. The summed E-state index contributed by atoms with van der Waals surface area (Å²) in [5.74, 6) is 1.74. The van der Waals surface area contributed by atoms with E-state index < -0.39 is 0 Å². The third kappa shape index (κ3) is 6.09. The van der Waals surface area contributed by atoms with Gasteiger partial charge in [-0.3, -0.25) is 4.57 Å². The van der Waals surface area contributed by atoms with Gasteiger partial charge in [0.1, 0.15) is 0 Å². The number of fused-ring (bicyclic) bond motifs is 10. The van der Waals surface area contributed by atoms with Crippen LogP contribution in [-0.4, -0.2) is 28.7 Å². The van der Waals surface area contributed by atoms with E-state index in [1.807, 2.05) is 18.2 Å². The van der Waals surface area contributed by atoms with Crippen LogP contribution in [0.15, 0.2) is 243 Å². The van der Waals surface area contributed by atoms with Crippen LogP contribution < -0.4 is 0 Å². The van der Waals surface area contributed by atoms with E-state index in [2.05, 4.69) is 238 Å². The third-order valence-corrected chi connectivity index (χ3v) is 13.7. The predicted octanol–water partition coefficient (Wildman–Crippen LogP) is 15.8. The molecule has 69 heavy (non-hydrogen) atoms. The van der Waals surface area contributed by atoms with E-state index in [-0.39, 0.29) is 0 Å². The van der Waals surface area contributed by atoms with Crippen LogP contribution >= 0.6 is 0 Å². The Morgan fingerprint density at radius 2 is 0.783 bits per heavy atom. The average molecular weight is 881 g/mol. The Morgan fingerprint density at radius 1 is 0.275 bits per heavy atom. The Bertz CT molecular complexity index is 4280. The van der Waals surface area contributed by atoms with Crippen molar-refractivity contribution in [2.45, 2.75) is 0 Å². The fourth-order valence-corrected chi connectivity index (χ4v) is 10.7. The van der Waals surface area contributed by atoms with Gasteiger partial charge in [-0.2, -0.15) is 9.97 Å². The Morgan fingerprint density at radius 3 is 1.45 bits per heavy atom. The van der Waals surface area contributed by atoms with Gasteiger partial charge in [0.25, 0.3) is 0 Å². The summed E-state index contributed by atoms with van der Waals surface area (Å²) in [6.07, 6.45) is 0. The van der Waals surface area contributed by atoms with Crippen LogP contribution in [0.4, 0.5) is 0 Å². The molecule has 0 spiro atoms. The van der Waals surface area contributed by atoms with Gasteiger partial charge in [-0.25, -0.2) is 4.98 Å². The van der Waals surface area contributed by atoms with Crippen molar-refractivity contribution in [3.8, 4) is 62.4 Å². The summed E-state index contributed by atoms with van der Waals surface area (Å²) in [6.45, 7) is 0. The molecule has 0 saturated heterocycles. The molecule has 4 heterocycles. The molecule has 14 rings (SSSR count). The largest absolute Gasteiger partial charge is 0.309 e. The van der Waals surface area contributed by atoms with Crippen molar-refractivity contribution in [1.82, 2.24) is 28.7 Å². The molecule has 0 amide bonds. The molecule has 0 radical (unpaired) electrons. The second kappa shape index (κ2) is 15.6. The van der Waals surface area contributed by atoms with Gasteiger partial charge in [-0.15, -0.1) is 0 Å². The van der Waals surface area contributed by atoms with Crippen molar-refractivity contribution in [3.63, 3.8) is 0 Å². The highest BCUT2D eigenvalue weighted by molar-refractivity contribution is 6.24. The molecule has 0 N–H and O–H groups in total. The van der Waals surface area contributed by atoms with E-state index in [9.17, 15) is 0 Å². The van der Waals surface area contributed by atoms with E-state index in [0.717, 1.165) is 99.2 Å². The van der Waals surface area contributed by atoms with E-state index in [1.165, 1.54) is 10.9 Å². The number of benzene rings is 10. The Kier molecular flexibility index (Phi) is 8.79. The maximum atomic E-state index is 5.61. The van der Waals surface area contributed by atoms with Crippen molar-refractivity contribution in [1.29, 1.82) is 0 Å². The van der Waals surface area contributed by atoms with E-state index >= 15 is 0 Å². The van der Waals surface area contributed by atoms with E-state index in [0.29, 0.717) is 17.6 Å². The lowest BCUT2D eigenvalue weighted by molar-refractivity contribution is 0.954. The molecule has 0 saturated carbocycles. The number of nitrogens with zero attached hydrogens (tertiary/aromatic N) is 6. The SMILES string of the molecule is c1ccc(-c2ccc(-n3c4ccccc4c4ccc5c6ccccc6n(-c6nc(-c7ccccc7)nc(-c7cccc8c7c7ccccc7n8-c7ccccc7)n6)c5c43)c(-c3ccccc3)c2)cc1. The van der Waals surface area contributed by atoms with Gasteiger partial charge in [0.2, 0.25) is 5.95 Å². The smallest absolute Gasteiger partial charge is 0.238 e. The molecule has 10 aromatic carbocycles. The van der Waals surface area contributed by atoms with Crippen LogP contribution in [0.3, 0.4) is 0 Å². The van der Waals surface area contributed by atoms with Crippen molar-refractivity contribution in [2.24, 2.45) is 0 Å². The molecule has 14 aromatic rings. The first-order valence-corrected chi connectivity index (χ1v) is 23.4. The summed E-state index contributed by atoms with van der Waals surface area (Å²) in [7, 11) is 0. The van der Waals surface area contributed by atoms with Gasteiger partial charge >= 0.3 is 0 Å². The number of rotatable bonds is 7. The summed E-state index contributed by atoms with van der Waals surface area (Å²) in [4.78, 5) is 16.4. The van der Waals surface area contributed by atoms with Crippen LogP contribution in [0, 0.1) is 0 Å². The summed E-state index contributed by atoms with van der Waals surface area (Å²) in [5, 5.41) is 6.76. The lowest BCUT2D eigenvalue weighted by atomic mass is 9.97. The average Bonchev–Trinajstić information content (AvgIpc) is 4.08. The van der Waals surface area contributed by atoms with Crippen LogP contribution in [-0.2, 0) is 0 Å². The normalized spacial score (nSPS) is 11.8. The molecule has 0 bridgehead atoms. The minimum Gasteiger partial charge on any atom is -0.309 e. The number of hydrogen-bond acceptors (Lipinski definition) is 3. The molecule has 0 aliphatic rings. The van der Waals surface area contributed by atoms with Crippen LogP contribution in [0.2, 0.25) is 0 Å². The molecule has 0 aliphatic carbocycles. The highest BCUT2D eigenvalue weighted by Gasteiger charge is 2.26. The van der Waals surface area contributed by atoms with Crippen molar-refractivity contribution >= 4 is 65.4 Å². The number of para-hydroxylation sites is 4. The fraction of sp³-hybridized carbons (Fsp3) is 0. The van der Waals surface area contributed by atoms with Gasteiger partial charge in [0, 0.05) is 54.7 Å². The fourth-order valence-electron chi connectivity index (χ4n) is 10.7. The molecular formula is C63H40N6. The van der Waals surface area contributed by atoms with Gasteiger partial charge in [-0.05, 0) is 65.2 Å². The molecule has 0 fully saturated rings. The summed E-state index contributed by atoms with van der Waals surface area (Å²) in [5.41, 5.74) is 15.0. The first-order valence-electron chi connectivity index (χ1n) is 23.4. The van der Waals surface area contributed by atoms with Gasteiger partial charge in [0.15, 0.2) is 11.6 Å². The molecule has 6 heteroatoms. The third-order valence-electron chi connectivity index (χ3n) is 13.7. The maximum Gasteiger partial charge on any atom is 0.238 e. The second-order valence-corrected chi connectivity index (χ2v) is 17.6. The zero-order valence-electron chi connectivity index (χ0n) is 37.3. The molecule has 0 aliphatic heterocycles. The molecule has 322 valence electrons. The first kappa shape index (κ1) is 38.8. The standard InChI is InChI=1S/C63H40N6/c1-5-20-41(21-6-1)44-36-39-56(52(40-44)42-22-7-2-8-23-42)68-53-32-16-13-28-46(53)48-37-38-49-47-29-14-17-33-54(47)69(60(49)59(48)68)63-65-61(43-24-9-3-10-25-43)64-62(66-63)51-31-19-35-57-58(51)50-30-15-18-34-55(50)67(57)45-26-11-4-12-27-45/h1-40H. The maximum absolute atomic E-state index is 5.61. The lowest BCUT2D eigenvalue weighted by Crippen LogP contribution is -2.07. The highest BCUT2D eigenvalue weighted by atomic mass is 15.2. The molecule has 0 unspecified atom stereocenters. The monoisotopic (exact) mass is 880 g/mol. The summed E-state index contributed by atoms with van der Waals surface area (Å²) < 4.78 is 7.10. The molecule has 4 aromatic heterocycles. The molecule has 0 atom stereocenters. The van der Waals surface area contributed by atoms with E-state index in [1.54, 1.807) is 0 Å². The van der Waals surface area contributed by atoms with Gasteiger partial charge in [0.05, 0.1) is 38.8 Å². The lowest BCUT2D eigenvalue weighted by Gasteiger charge is -2.17. The van der Waals surface area contributed by atoms with Crippen LogP contribution in [0.5, 0.6) is 0 Å². The van der Waals surface area contributed by atoms with Crippen molar-refractivity contribution in [2.75, 3.05) is 0 Å². The Hall–Kier alpha value is -9.39. The first-order chi connectivity index (χ1) is 34.3. The minimum absolute atomic E-state index is 0.542. The molecular weight excluding hydrogens is 841 g/mol. The van der Waals surface area contributed by atoms with Crippen LogP contribution in [0.25, 0.3) is 128 Å². The number of hydrogen-bond donors (Lipinski definition) is 0. The number of aromatic nitrogens is 6. The van der Waals surface area contributed by atoms with E-state index in [4.69, 9.17) is 15.0 Å². The zero-order valence-corrected chi connectivity index (χ0v) is 37.3. The zero-order chi connectivity index (χ0) is 45.4. The Balaban J connectivity index is 1.11. The van der Waals surface area contributed by atoms with Crippen molar-refractivity contribution < 1.29 is 0 Å². The minimum atomic E-state index is 0.542.